The zero-order valence-electron chi connectivity index (χ0n) is 50.8. The van der Waals surface area contributed by atoms with E-state index in [1.54, 1.807) is 12.1 Å². The Hall–Kier alpha value is -2.43. The Morgan fingerprint density at radius 2 is 0.764 bits per heavy atom. The zero-order valence-corrected chi connectivity index (χ0v) is 57.3. The van der Waals surface area contributed by atoms with Crippen molar-refractivity contribution in [2.75, 3.05) is 75.9 Å². The van der Waals surface area contributed by atoms with Crippen LogP contribution >= 0.6 is 86.4 Å². The molecule has 9 atom stereocenters. The van der Waals surface area contributed by atoms with Crippen LogP contribution in [0.4, 0.5) is 0 Å². The summed E-state index contributed by atoms with van der Waals surface area (Å²) in [6.07, 6.45) is 11.9. The van der Waals surface area contributed by atoms with E-state index in [1.807, 2.05) is 135 Å². The topological polar surface area (TPSA) is 226 Å². The molecule has 4 aromatic rings. The van der Waals surface area contributed by atoms with Gasteiger partial charge in [-0.15, -0.1) is 0 Å². The van der Waals surface area contributed by atoms with Crippen molar-refractivity contribution in [1.29, 1.82) is 0 Å². The maximum Gasteiger partial charge on any atom is 0.305 e. The van der Waals surface area contributed by atoms with Crippen molar-refractivity contribution < 1.29 is 77.8 Å². The largest absolute Gasteiger partial charge is 0.491 e. The van der Waals surface area contributed by atoms with Crippen LogP contribution in [0.25, 0.3) is 21.5 Å². The molecule has 4 fully saturated rings. The first-order chi connectivity index (χ1) is 43.4. The van der Waals surface area contributed by atoms with Crippen molar-refractivity contribution >= 4 is 126 Å². The van der Waals surface area contributed by atoms with Gasteiger partial charge >= 0.3 is 17.9 Å². The summed E-state index contributed by atoms with van der Waals surface area (Å²) in [5.74, 6) is 5.25. The number of carbonyl (C=O) groups is 3. The number of hydrogen-bond donors (Lipinski definition) is 5. The highest BCUT2D eigenvalue weighted by molar-refractivity contribution is 8.78. The van der Waals surface area contributed by atoms with Crippen molar-refractivity contribution in [1.82, 2.24) is 0 Å². The van der Waals surface area contributed by atoms with Gasteiger partial charge in [-0.05, 0) is 141 Å². The molecule has 16 nitrogen and oxygen atoms in total. The standard InChI is InChI=1S/C65H90O16S8/c66-46(40-78-62(70)13-5-1-9-52-25-29-82-86-52)36-74-50-21-17-44-19-23-60(76-38-48(68)42-80-64(72)15-7-3-11-54-27-31-84-88-54)58(56(44)33-50)35-59-57-34-51(75-37-47(67)41-79-63(71)14-6-2-10-53-26-30-83-87-53)22-18-45(57)20-24-61(59)77-39-49(69)43-81-65(73)16-8-4-12-55-28-32-85-89-55/h17-24,33-34,46-49,52-55,64,66-69,72H,1-16,25-32,35-43H2. The number of rotatable bonds is 43. The van der Waals surface area contributed by atoms with Crippen molar-refractivity contribution in [2.24, 2.45) is 0 Å². The van der Waals surface area contributed by atoms with Gasteiger partial charge in [-0.3, -0.25) is 14.4 Å². The quantitative estimate of drug-likeness (QED) is 0.00913. The molecule has 4 saturated heterocycles. The number of unbranched alkanes of at least 4 members (excludes halogenated alkanes) is 4. The van der Waals surface area contributed by atoms with E-state index in [4.69, 9.17) is 37.9 Å². The average molecular weight is 1380 g/mol. The van der Waals surface area contributed by atoms with Gasteiger partial charge in [0.25, 0.3) is 0 Å². The fourth-order valence-electron chi connectivity index (χ4n) is 10.6. The van der Waals surface area contributed by atoms with Gasteiger partial charge in [-0.1, -0.05) is 136 Å². The van der Waals surface area contributed by atoms with E-state index >= 15 is 0 Å². The first-order valence-electron chi connectivity index (χ1n) is 31.6. The molecule has 4 aromatic carbocycles. The number of fused-ring (bicyclic) bond motifs is 2. The minimum atomic E-state index is -1.16. The summed E-state index contributed by atoms with van der Waals surface area (Å²) in [4.78, 5) is 38.0. The Bertz CT molecular complexity index is 2740. The van der Waals surface area contributed by atoms with Gasteiger partial charge in [0.1, 0.15) is 93.7 Å². The van der Waals surface area contributed by atoms with Crippen LogP contribution in [0.1, 0.15) is 140 Å². The maximum atomic E-state index is 12.8. The number of hydrogen-bond acceptors (Lipinski definition) is 24. The molecule has 0 bridgehead atoms. The molecule has 0 aliphatic carbocycles. The van der Waals surface area contributed by atoms with Crippen molar-refractivity contribution in [3.8, 4) is 23.0 Å². The highest BCUT2D eigenvalue weighted by atomic mass is 33.1. The third kappa shape index (κ3) is 26.7. The van der Waals surface area contributed by atoms with E-state index in [0.717, 1.165) is 87.2 Å². The lowest BCUT2D eigenvalue weighted by Gasteiger charge is -2.21. The number of benzene rings is 4. The van der Waals surface area contributed by atoms with Gasteiger partial charge in [-0.25, -0.2) is 0 Å². The van der Waals surface area contributed by atoms with Crippen molar-refractivity contribution in [3.05, 3.63) is 71.8 Å². The molecule has 24 heteroatoms. The Morgan fingerprint density at radius 1 is 0.416 bits per heavy atom. The zero-order chi connectivity index (χ0) is 62.4. The van der Waals surface area contributed by atoms with E-state index in [1.165, 1.54) is 42.9 Å². The summed E-state index contributed by atoms with van der Waals surface area (Å²) in [6, 6.07) is 18.4. The number of aliphatic hydroxyl groups excluding tert-OH is 5. The number of ether oxygens (including phenoxy) is 8. The molecule has 494 valence electrons. The van der Waals surface area contributed by atoms with Gasteiger partial charge in [0, 0.05) is 80.8 Å². The molecule has 4 heterocycles. The first-order valence-corrected chi connectivity index (χ1v) is 41.2. The van der Waals surface area contributed by atoms with Crippen LogP contribution in [0.15, 0.2) is 60.7 Å². The smallest absolute Gasteiger partial charge is 0.305 e. The van der Waals surface area contributed by atoms with E-state index in [0.29, 0.717) is 78.7 Å². The Labute approximate surface area is 556 Å². The van der Waals surface area contributed by atoms with Crippen LogP contribution in [0.3, 0.4) is 0 Å². The number of esters is 3. The molecular formula is C65H90O16S8. The SMILES string of the molecule is O=C(CCCCC1CCSS1)OCC(O)COc1ccc2ccc(OCC(O)COC(=O)CCCCC3CCSS3)c(Cc3c(OCC(O)COC(O)CCCCC4CCSS4)ccc4ccc(OCC(O)COC(=O)CCCCC5CCSS5)cc34)c2c1. The minimum Gasteiger partial charge on any atom is -0.491 e. The molecule has 0 spiro atoms. The highest BCUT2D eigenvalue weighted by Gasteiger charge is 2.24. The molecule has 5 N–H and O–H groups in total. The molecule has 4 aliphatic rings. The number of aliphatic hydroxyl groups is 5. The summed E-state index contributed by atoms with van der Waals surface area (Å²) < 4.78 is 47.4. The summed E-state index contributed by atoms with van der Waals surface area (Å²) in [5, 5.41) is 60.7. The molecule has 8 rings (SSSR count). The summed E-state index contributed by atoms with van der Waals surface area (Å²) in [7, 11) is 15.3. The van der Waals surface area contributed by atoms with Crippen LogP contribution < -0.4 is 18.9 Å². The lowest BCUT2D eigenvalue weighted by atomic mass is 9.93. The first kappa shape index (κ1) is 72.4. The normalized spacial score (nSPS) is 20.1. The molecule has 9 unspecified atom stereocenters. The lowest BCUT2D eigenvalue weighted by molar-refractivity contribution is -0.148. The van der Waals surface area contributed by atoms with E-state index < -0.39 is 30.7 Å². The fraction of sp³-hybridized carbons (Fsp3) is 0.646. The van der Waals surface area contributed by atoms with Gasteiger partial charge in [-0.2, -0.15) is 0 Å². The van der Waals surface area contributed by atoms with E-state index in [2.05, 4.69) is 0 Å². The van der Waals surface area contributed by atoms with Crippen LogP contribution in [0, 0.1) is 0 Å². The Balaban J connectivity index is 0.975. The Morgan fingerprint density at radius 3 is 1.13 bits per heavy atom. The fourth-order valence-corrected chi connectivity index (χ4v) is 22.7. The van der Waals surface area contributed by atoms with Crippen LogP contribution in [0.2, 0.25) is 0 Å². The molecular weight excluding hydrogens is 1290 g/mol. The second kappa shape index (κ2) is 40.7. The van der Waals surface area contributed by atoms with Gasteiger partial charge in [0.15, 0.2) is 6.29 Å². The van der Waals surface area contributed by atoms with Gasteiger partial charge in [0.2, 0.25) is 0 Å². The summed E-state index contributed by atoms with van der Waals surface area (Å²) in [6.45, 7) is -1.57. The molecule has 0 saturated carbocycles. The maximum absolute atomic E-state index is 12.8. The molecule has 4 aliphatic heterocycles. The van der Waals surface area contributed by atoms with E-state index in [-0.39, 0.29) is 96.4 Å². The van der Waals surface area contributed by atoms with Gasteiger partial charge in [0.05, 0.1) is 6.61 Å². The highest BCUT2D eigenvalue weighted by Crippen LogP contribution is 2.43. The van der Waals surface area contributed by atoms with E-state index in [9.17, 15) is 39.9 Å². The third-order valence-corrected chi connectivity index (χ3v) is 27.6. The Kier molecular flexibility index (Phi) is 33.1. The third-order valence-electron chi connectivity index (χ3n) is 15.6. The van der Waals surface area contributed by atoms with Crippen molar-refractivity contribution in [3.63, 3.8) is 0 Å². The predicted molar refractivity (Wildman–Crippen MR) is 369 cm³/mol. The lowest BCUT2D eigenvalue weighted by Crippen LogP contribution is -2.27. The second-order valence-electron chi connectivity index (χ2n) is 23.1. The van der Waals surface area contributed by atoms with Crippen LogP contribution in [-0.2, 0) is 39.8 Å². The van der Waals surface area contributed by atoms with Gasteiger partial charge < -0.3 is 63.4 Å². The van der Waals surface area contributed by atoms with Crippen LogP contribution in [0.5, 0.6) is 23.0 Å². The summed E-state index contributed by atoms with van der Waals surface area (Å²) >= 11 is 0. The van der Waals surface area contributed by atoms with Crippen LogP contribution in [-0.4, -0.2) is 171 Å². The summed E-state index contributed by atoms with van der Waals surface area (Å²) in [5.41, 5.74) is 1.32. The average Bonchev–Trinajstić information content (AvgIpc) is 1.61. The predicted octanol–water partition coefficient (Wildman–Crippen LogP) is 13.4. The number of carbonyl (C=O) groups excluding carboxylic acids is 3. The molecule has 89 heavy (non-hydrogen) atoms. The second-order valence-corrected chi connectivity index (χ2v) is 34.2. The minimum absolute atomic E-state index is 0.146. The molecule has 0 radical (unpaired) electrons. The monoisotopic (exact) mass is 1380 g/mol. The molecule has 0 aromatic heterocycles. The molecule has 0 amide bonds. The van der Waals surface area contributed by atoms with Crippen molar-refractivity contribution in [2.45, 2.75) is 187 Å².